The Balaban J connectivity index is 1.67. The number of rotatable bonds is 5. The van der Waals surface area contributed by atoms with E-state index in [4.69, 9.17) is 9.47 Å². The first-order valence-electron chi connectivity index (χ1n) is 9.92. The second-order valence-electron chi connectivity index (χ2n) is 7.99. The molecule has 0 aromatic carbocycles. The Bertz CT molecular complexity index is 1310. The molecule has 170 valence electrons. The summed E-state index contributed by atoms with van der Waals surface area (Å²) in [6.45, 7) is 5.26. The van der Waals surface area contributed by atoms with Gasteiger partial charge in [0.05, 0.1) is 22.9 Å². The minimum Gasteiger partial charge on any atom is -0.483 e. The molecule has 0 bridgehead atoms. The van der Waals surface area contributed by atoms with Gasteiger partial charge in [-0.2, -0.15) is 5.10 Å². The number of fused-ring (bicyclic) bond motifs is 1. The number of nitrogens with one attached hydrogen (secondary N) is 1. The third-order valence-electron chi connectivity index (χ3n) is 4.25. The monoisotopic (exact) mass is 514 g/mol. The van der Waals surface area contributed by atoms with Crippen molar-refractivity contribution in [3.05, 3.63) is 65.0 Å². The van der Waals surface area contributed by atoms with Crippen LogP contribution < -0.4 is 10.1 Å². The Morgan fingerprint density at radius 3 is 2.76 bits per heavy atom. The summed E-state index contributed by atoms with van der Waals surface area (Å²) in [4.78, 5) is 25.2. The molecule has 1 N–H and O–H groups in total. The van der Waals surface area contributed by atoms with E-state index < -0.39 is 17.5 Å². The topological polar surface area (TPSA) is 104 Å². The van der Waals surface area contributed by atoms with Crippen LogP contribution in [0.2, 0.25) is 0 Å². The number of amides is 1. The zero-order valence-corrected chi connectivity index (χ0v) is 19.6. The van der Waals surface area contributed by atoms with Gasteiger partial charge in [-0.25, -0.2) is 23.8 Å². The average molecular weight is 515 g/mol. The van der Waals surface area contributed by atoms with E-state index in [1.54, 1.807) is 56.0 Å². The largest absolute Gasteiger partial charge is 0.483 e. The number of anilines is 1. The van der Waals surface area contributed by atoms with Gasteiger partial charge in [0.2, 0.25) is 0 Å². The lowest BCUT2D eigenvalue weighted by Crippen LogP contribution is -2.27. The molecule has 0 aliphatic heterocycles. The van der Waals surface area contributed by atoms with Gasteiger partial charge in [0.25, 0.3) is 0 Å². The maximum absolute atomic E-state index is 13.7. The lowest BCUT2D eigenvalue weighted by Gasteiger charge is -2.20. The van der Waals surface area contributed by atoms with Crippen molar-refractivity contribution in [1.29, 1.82) is 0 Å². The van der Waals surface area contributed by atoms with Gasteiger partial charge in [-0.15, -0.1) is 0 Å². The first-order chi connectivity index (χ1) is 15.7. The van der Waals surface area contributed by atoms with Crippen LogP contribution in [0, 0.1) is 5.82 Å². The molecule has 33 heavy (non-hydrogen) atoms. The standard InChI is InChI=1S/C22H20BrFN6O3/c1-22(2,3)33-21(31)29-20-18(10-14-15(28-20)9-13(24)11-25-14)32-12-16-17(5-6-19(23)27-16)30-8-4-7-26-30/h4-11H,12H2,1-3H3,(H,28,29,31). The highest BCUT2D eigenvalue weighted by Gasteiger charge is 2.20. The summed E-state index contributed by atoms with van der Waals surface area (Å²) in [7, 11) is 0. The summed E-state index contributed by atoms with van der Waals surface area (Å²) in [5.74, 6) is -0.255. The van der Waals surface area contributed by atoms with Crippen LogP contribution in [0.5, 0.6) is 5.75 Å². The van der Waals surface area contributed by atoms with Crippen LogP contribution in [-0.2, 0) is 11.3 Å². The molecule has 4 aromatic heterocycles. The second-order valence-corrected chi connectivity index (χ2v) is 8.81. The molecule has 0 saturated carbocycles. The van der Waals surface area contributed by atoms with Crippen LogP contribution in [0.4, 0.5) is 15.0 Å². The molecular formula is C22H20BrFN6O3. The second kappa shape index (κ2) is 9.10. The van der Waals surface area contributed by atoms with E-state index in [1.165, 1.54) is 6.07 Å². The maximum Gasteiger partial charge on any atom is 0.413 e. The van der Waals surface area contributed by atoms with Gasteiger partial charge in [0, 0.05) is 24.5 Å². The van der Waals surface area contributed by atoms with Crippen molar-refractivity contribution in [3.63, 3.8) is 0 Å². The summed E-state index contributed by atoms with van der Waals surface area (Å²) in [6.07, 6.45) is 3.81. The van der Waals surface area contributed by atoms with Gasteiger partial charge >= 0.3 is 6.09 Å². The van der Waals surface area contributed by atoms with Gasteiger partial charge in [-0.3, -0.25) is 10.3 Å². The summed E-state index contributed by atoms with van der Waals surface area (Å²) in [6, 6.07) is 8.24. The number of carbonyl (C=O) groups excluding carboxylic acids is 1. The summed E-state index contributed by atoms with van der Waals surface area (Å²) >= 11 is 3.37. The van der Waals surface area contributed by atoms with Gasteiger partial charge in [-0.05, 0) is 54.9 Å². The quantitative estimate of drug-likeness (QED) is 0.372. The predicted molar refractivity (Wildman–Crippen MR) is 123 cm³/mol. The number of ether oxygens (including phenoxy) is 2. The molecule has 0 saturated heterocycles. The van der Waals surface area contributed by atoms with Crippen LogP contribution in [0.1, 0.15) is 26.5 Å². The third kappa shape index (κ3) is 5.61. The SMILES string of the molecule is CC(C)(C)OC(=O)Nc1nc2cc(F)cnc2cc1OCc1nc(Br)ccc1-n1cccn1. The third-order valence-corrected chi connectivity index (χ3v) is 4.69. The number of halogens is 2. The fourth-order valence-corrected chi connectivity index (χ4v) is 3.29. The van der Waals surface area contributed by atoms with E-state index in [0.29, 0.717) is 15.8 Å². The minimum atomic E-state index is -0.721. The highest BCUT2D eigenvalue weighted by molar-refractivity contribution is 9.10. The molecule has 0 spiro atoms. The van der Waals surface area contributed by atoms with Crippen LogP contribution in [0.3, 0.4) is 0 Å². The van der Waals surface area contributed by atoms with Crippen molar-refractivity contribution in [2.24, 2.45) is 0 Å². The molecule has 9 nitrogen and oxygen atoms in total. The Kier molecular flexibility index (Phi) is 6.23. The molecule has 4 aromatic rings. The van der Waals surface area contributed by atoms with Crippen molar-refractivity contribution in [2.75, 3.05) is 5.32 Å². The molecule has 0 aliphatic rings. The zero-order valence-electron chi connectivity index (χ0n) is 18.0. The summed E-state index contributed by atoms with van der Waals surface area (Å²) < 4.78 is 27.3. The van der Waals surface area contributed by atoms with Gasteiger partial charge in [0.15, 0.2) is 11.6 Å². The number of hydrogen-bond acceptors (Lipinski definition) is 7. The molecule has 0 radical (unpaired) electrons. The smallest absolute Gasteiger partial charge is 0.413 e. The Labute approximate surface area is 197 Å². The average Bonchev–Trinajstić information content (AvgIpc) is 3.25. The normalized spacial score (nSPS) is 11.4. The van der Waals surface area contributed by atoms with E-state index in [2.05, 4.69) is 41.3 Å². The molecule has 1 amide bonds. The Morgan fingerprint density at radius 2 is 2.03 bits per heavy atom. The lowest BCUT2D eigenvalue weighted by molar-refractivity contribution is 0.0634. The highest BCUT2D eigenvalue weighted by atomic mass is 79.9. The van der Waals surface area contributed by atoms with E-state index in [0.717, 1.165) is 11.9 Å². The van der Waals surface area contributed by atoms with E-state index in [-0.39, 0.29) is 23.7 Å². The lowest BCUT2D eigenvalue weighted by atomic mass is 10.2. The number of pyridine rings is 3. The number of nitrogens with zero attached hydrogens (tertiary/aromatic N) is 5. The molecule has 0 fully saturated rings. The van der Waals surface area contributed by atoms with E-state index in [1.807, 2.05) is 6.07 Å². The fraction of sp³-hybridized carbons (Fsp3) is 0.227. The molecule has 11 heteroatoms. The van der Waals surface area contributed by atoms with Crippen LogP contribution in [0.25, 0.3) is 16.7 Å². The molecular weight excluding hydrogens is 495 g/mol. The Hall–Kier alpha value is -3.60. The van der Waals surface area contributed by atoms with Gasteiger partial charge in [0.1, 0.15) is 28.3 Å². The van der Waals surface area contributed by atoms with Crippen molar-refractivity contribution < 1.29 is 18.7 Å². The highest BCUT2D eigenvalue weighted by Crippen LogP contribution is 2.29. The summed E-state index contributed by atoms with van der Waals surface area (Å²) in [5.41, 5.74) is 1.25. The minimum absolute atomic E-state index is 0.0337. The van der Waals surface area contributed by atoms with Crippen molar-refractivity contribution in [2.45, 2.75) is 33.0 Å². The first-order valence-corrected chi connectivity index (χ1v) is 10.7. The van der Waals surface area contributed by atoms with Crippen molar-refractivity contribution >= 4 is 38.9 Å². The maximum atomic E-state index is 13.7. The van der Waals surface area contributed by atoms with Crippen LogP contribution in [-0.4, -0.2) is 36.4 Å². The molecule has 4 heterocycles. The summed E-state index contributed by atoms with van der Waals surface area (Å²) in [5, 5.41) is 6.82. The van der Waals surface area contributed by atoms with Crippen molar-refractivity contribution in [3.8, 4) is 11.4 Å². The van der Waals surface area contributed by atoms with E-state index in [9.17, 15) is 9.18 Å². The molecule has 0 unspecified atom stereocenters. The van der Waals surface area contributed by atoms with Crippen LogP contribution in [0.15, 0.2) is 53.5 Å². The number of carbonyl (C=O) groups is 1. The molecule has 0 atom stereocenters. The molecule has 4 rings (SSSR count). The van der Waals surface area contributed by atoms with Gasteiger partial charge in [-0.1, -0.05) is 0 Å². The fourth-order valence-electron chi connectivity index (χ4n) is 2.95. The van der Waals surface area contributed by atoms with E-state index >= 15 is 0 Å². The first kappa shape index (κ1) is 22.6. The zero-order chi connectivity index (χ0) is 23.6. The molecule has 0 aliphatic carbocycles. The van der Waals surface area contributed by atoms with Gasteiger partial charge < -0.3 is 9.47 Å². The Morgan fingerprint density at radius 1 is 1.21 bits per heavy atom. The number of aromatic nitrogens is 5. The van der Waals surface area contributed by atoms with Crippen molar-refractivity contribution in [1.82, 2.24) is 24.7 Å². The van der Waals surface area contributed by atoms with Crippen LogP contribution >= 0.6 is 15.9 Å². The predicted octanol–water partition coefficient (Wildman–Crippen LogP) is 5.04. The number of hydrogen-bond donors (Lipinski definition) is 1.